The molecule has 0 N–H and O–H groups in total. The summed E-state index contributed by atoms with van der Waals surface area (Å²) in [6.45, 7) is 0.567. The average Bonchev–Trinajstić information content (AvgIpc) is 2.95. The van der Waals surface area contributed by atoms with E-state index >= 15 is 0 Å². The van der Waals surface area contributed by atoms with Crippen molar-refractivity contribution in [3.63, 3.8) is 0 Å². The van der Waals surface area contributed by atoms with Crippen LogP contribution in [0.25, 0.3) is 0 Å². The van der Waals surface area contributed by atoms with E-state index in [9.17, 15) is 0 Å². The lowest BCUT2D eigenvalue weighted by Gasteiger charge is -2.11. The van der Waals surface area contributed by atoms with Gasteiger partial charge in [-0.1, -0.05) is 6.07 Å². The molecular weight excluding hydrogens is 253 g/mol. The zero-order valence-corrected chi connectivity index (χ0v) is 10.9. The van der Waals surface area contributed by atoms with Crippen LogP contribution in [-0.2, 0) is 11.3 Å². The minimum atomic E-state index is 0.533. The van der Waals surface area contributed by atoms with Gasteiger partial charge in [0, 0.05) is 6.07 Å². The maximum absolute atomic E-state index is 8.88. The number of methoxy groups -OCH3 is 1. The number of hydrogen-bond acceptors (Lipinski definition) is 4. The summed E-state index contributed by atoms with van der Waals surface area (Å²) < 4.78 is 16.3. The van der Waals surface area contributed by atoms with Crippen molar-refractivity contribution in [1.29, 1.82) is 5.26 Å². The fourth-order valence-corrected chi connectivity index (χ4v) is 2.06. The minimum absolute atomic E-state index is 0.533. The van der Waals surface area contributed by atoms with E-state index < -0.39 is 0 Å². The van der Waals surface area contributed by atoms with Crippen molar-refractivity contribution in [3.05, 3.63) is 47.5 Å². The highest BCUT2D eigenvalue weighted by atomic mass is 16.5. The zero-order chi connectivity index (χ0) is 13.9. The molecule has 1 aliphatic heterocycles. The van der Waals surface area contributed by atoms with E-state index in [0.717, 1.165) is 11.0 Å². The lowest BCUT2D eigenvalue weighted by molar-refractivity contribution is 0.344. The maximum atomic E-state index is 8.88. The van der Waals surface area contributed by atoms with E-state index in [0.29, 0.717) is 29.4 Å². The predicted octanol–water partition coefficient (Wildman–Crippen LogP) is 2.13. The number of benzene rings is 2. The Morgan fingerprint density at radius 2 is 2.10 bits per heavy atom. The van der Waals surface area contributed by atoms with Gasteiger partial charge in [-0.2, -0.15) is 5.26 Å². The molecule has 0 amide bonds. The molecule has 0 atom stereocenters. The fourth-order valence-electron chi connectivity index (χ4n) is 2.06. The SMILES string of the molecule is COc1cc(C#N)ccc1Oc1ccc2c(c1)CO[B]2. The second kappa shape index (κ2) is 5.28. The highest BCUT2D eigenvalue weighted by molar-refractivity contribution is 6.48. The summed E-state index contributed by atoms with van der Waals surface area (Å²) in [5.74, 6) is 1.83. The predicted molar refractivity (Wildman–Crippen MR) is 74.4 cm³/mol. The van der Waals surface area contributed by atoms with Gasteiger partial charge in [0.1, 0.15) is 5.75 Å². The third-order valence-corrected chi connectivity index (χ3v) is 3.08. The summed E-state index contributed by atoms with van der Waals surface area (Å²) in [5, 5.41) is 8.88. The average molecular weight is 264 g/mol. The first-order chi connectivity index (χ1) is 9.80. The Morgan fingerprint density at radius 1 is 1.20 bits per heavy atom. The second-order valence-electron chi connectivity index (χ2n) is 4.37. The van der Waals surface area contributed by atoms with Crippen molar-refractivity contribution in [2.75, 3.05) is 7.11 Å². The van der Waals surface area contributed by atoms with Crippen molar-refractivity contribution < 1.29 is 14.1 Å². The largest absolute Gasteiger partial charge is 0.493 e. The molecule has 4 nitrogen and oxygen atoms in total. The third-order valence-electron chi connectivity index (χ3n) is 3.08. The number of nitriles is 1. The van der Waals surface area contributed by atoms with Crippen LogP contribution in [0.1, 0.15) is 11.1 Å². The van der Waals surface area contributed by atoms with Gasteiger partial charge in [-0.3, -0.25) is 0 Å². The quantitative estimate of drug-likeness (QED) is 0.797. The summed E-state index contributed by atoms with van der Waals surface area (Å²) in [5.41, 5.74) is 2.70. The number of rotatable bonds is 3. The Labute approximate surface area is 117 Å². The number of nitrogens with zero attached hydrogens (tertiary/aromatic N) is 1. The molecule has 0 spiro atoms. The Balaban J connectivity index is 1.89. The van der Waals surface area contributed by atoms with Crippen LogP contribution in [0.15, 0.2) is 36.4 Å². The van der Waals surface area contributed by atoms with Crippen LogP contribution >= 0.6 is 0 Å². The van der Waals surface area contributed by atoms with Crippen LogP contribution in [0.4, 0.5) is 0 Å². The van der Waals surface area contributed by atoms with Crippen molar-refractivity contribution in [3.8, 4) is 23.3 Å². The van der Waals surface area contributed by atoms with E-state index in [2.05, 4.69) is 6.07 Å². The molecule has 1 heterocycles. The standard InChI is InChI=1S/C15H11BNO3/c1-18-15-6-10(8-17)2-5-14(15)20-12-3-4-13-11(7-12)9-19-16-13/h2-7H,9H2,1H3. The summed E-state index contributed by atoms with van der Waals surface area (Å²) in [6, 6.07) is 12.9. The molecule has 1 aliphatic rings. The van der Waals surface area contributed by atoms with Gasteiger partial charge in [-0.05, 0) is 35.3 Å². The summed E-state index contributed by atoms with van der Waals surface area (Å²) >= 11 is 0. The molecule has 1 radical (unpaired) electrons. The minimum Gasteiger partial charge on any atom is -0.493 e. The first-order valence-corrected chi connectivity index (χ1v) is 6.14. The first-order valence-electron chi connectivity index (χ1n) is 6.14. The van der Waals surface area contributed by atoms with Crippen molar-refractivity contribution in [2.45, 2.75) is 6.61 Å². The smallest absolute Gasteiger partial charge is 0.330 e. The summed E-state index contributed by atoms with van der Waals surface area (Å²) in [6.07, 6.45) is 0. The second-order valence-corrected chi connectivity index (χ2v) is 4.37. The van der Waals surface area contributed by atoms with Crippen molar-refractivity contribution in [1.82, 2.24) is 0 Å². The van der Waals surface area contributed by atoms with Crippen LogP contribution in [0.2, 0.25) is 0 Å². The lowest BCUT2D eigenvalue weighted by atomic mass is 9.87. The fraction of sp³-hybridized carbons (Fsp3) is 0.133. The first kappa shape index (κ1) is 12.6. The molecule has 20 heavy (non-hydrogen) atoms. The van der Waals surface area contributed by atoms with Crippen LogP contribution < -0.4 is 14.9 Å². The molecule has 97 valence electrons. The monoisotopic (exact) mass is 264 g/mol. The van der Waals surface area contributed by atoms with Gasteiger partial charge < -0.3 is 14.1 Å². The van der Waals surface area contributed by atoms with Gasteiger partial charge in [0.25, 0.3) is 0 Å². The van der Waals surface area contributed by atoms with Crippen LogP contribution in [-0.4, -0.2) is 14.6 Å². The van der Waals surface area contributed by atoms with E-state index in [1.54, 1.807) is 32.8 Å². The topological polar surface area (TPSA) is 51.5 Å². The molecule has 0 bridgehead atoms. The van der Waals surface area contributed by atoms with E-state index in [1.165, 1.54) is 0 Å². The number of ether oxygens (including phenoxy) is 2. The molecule has 0 unspecified atom stereocenters. The molecule has 2 aromatic rings. The van der Waals surface area contributed by atoms with Crippen molar-refractivity contribution >= 4 is 12.9 Å². The highest BCUT2D eigenvalue weighted by Gasteiger charge is 2.14. The Morgan fingerprint density at radius 3 is 2.90 bits per heavy atom. The molecule has 5 heteroatoms. The number of hydrogen-bond donors (Lipinski definition) is 0. The molecule has 0 aromatic heterocycles. The summed E-state index contributed by atoms with van der Waals surface area (Å²) in [4.78, 5) is 0. The molecule has 0 aliphatic carbocycles. The maximum Gasteiger partial charge on any atom is 0.330 e. The molecule has 0 saturated heterocycles. The van der Waals surface area contributed by atoms with Crippen LogP contribution in [0, 0.1) is 11.3 Å². The van der Waals surface area contributed by atoms with Gasteiger partial charge in [-0.25, -0.2) is 0 Å². The van der Waals surface area contributed by atoms with Gasteiger partial charge >= 0.3 is 7.48 Å². The van der Waals surface area contributed by atoms with E-state index in [4.69, 9.17) is 19.4 Å². The van der Waals surface area contributed by atoms with E-state index in [-0.39, 0.29) is 0 Å². The molecule has 0 fully saturated rings. The van der Waals surface area contributed by atoms with Crippen LogP contribution in [0.5, 0.6) is 17.2 Å². The normalized spacial score (nSPS) is 12.2. The Kier molecular flexibility index (Phi) is 3.32. The Bertz CT molecular complexity index is 694. The van der Waals surface area contributed by atoms with E-state index in [1.807, 2.05) is 18.2 Å². The van der Waals surface area contributed by atoms with Crippen LogP contribution in [0.3, 0.4) is 0 Å². The highest BCUT2D eigenvalue weighted by Crippen LogP contribution is 2.32. The lowest BCUT2D eigenvalue weighted by Crippen LogP contribution is -2.10. The van der Waals surface area contributed by atoms with Gasteiger partial charge in [0.15, 0.2) is 11.5 Å². The summed E-state index contributed by atoms with van der Waals surface area (Å²) in [7, 11) is 3.29. The third kappa shape index (κ3) is 2.34. The zero-order valence-electron chi connectivity index (χ0n) is 10.9. The van der Waals surface area contributed by atoms with Crippen molar-refractivity contribution in [2.24, 2.45) is 0 Å². The molecule has 2 aromatic carbocycles. The van der Waals surface area contributed by atoms with Gasteiger partial charge in [0.2, 0.25) is 0 Å². The number of fused-ring (bicyclic) bond motifs is 1. The van der Waals surface area contributed by atoms with Gasteiger partial charge in [0.05, 0.1) is 25.3 Å². The molecule has 0 saturated carbocycles. The Hall–Kier alpha value is -2.45. The molecule has 3 rings (SSSR count). The molecular formula is C15H11BNO3. The van der Waals surface area contributed by atoms with Gasteiger partial charge in [-0.15, -0.1) is 0 Å².